The third-order valence-electron chi connectivity index (χ3n) is 4.17. The summed E-state index contributed by atoms with van der Waals surface area (Å²) in [6, 6.07) is 3.43. The highest BCUT2D eigenvalue weighted by Gasteiger charge is 2.42. The van der Waals surface area contributed by atoms with E-state index in [9.17, 15) is 9.59 Å². The Morgan fingerprint density at radius 3 is 2.85 bits per heavy atom. The molecular weight excluding hydrogens is 296 g/mol. The molecule has 2 unspecified atom stereocenters. The van der Waals surface area contributed by atoms with Crippen molar-refractivity contribution in [3.63, 3.8) is 0 Å². The lowest BCUT2D eigenvalue weighted by Gasteiger charge is -2.44. The summed E-state index contributed by atoms with van der Waals surface area (Å²) >= 11 is 7.43. The summed E-state index contributed by atoms with van der Waals surface area (Å²) in [5.41, 5.74) is 0. The summed E-state index contributed by atoms with van der Waals surface area (Å²) in [4.78, 5) is 29.4. The van der Waals surface area contributed by atoms with Gasteiger partial charge < -0.3 is 9.80 Å². The second-order valence-electron chi connectivity index (χ2n) is 5.38. The van der Waals surface area contributed by atoms with Crippen molar-refractivity contribution >= 4 is 34.8 Å². The van der Waals surface area contributed by atoms with Gasteiger partial charge in [0.25, 0.3) is 0 Å². The quantitative estimate of drug-likeness (QED) is 0.842. The van der Waals surface area contributed by atoms with Crippen molar-refractivity contribution in [2.75, 3.05) is 13.1 Å². The Kier molecular flexibility index (Phi) is 3.73. The van der Waals surface area contributed by atoms with Crippen molar-refractivity contribution < 1.29 is 9.59 Å². The van der Waals surface area contributed by atoms with Crippen LogP contribution in [0.4, 0.5) is 0 Å². The van der Waals surface area contributed by atoms with Crippen LogP contribution in [0.15, 0.2) is 12.1 Å². The molecule has 108 valence electrons. The maximum absolute atomic E-state index is 12.6. The lowest BCUT2D eigenvalue weighted by Crippen LogP contribution is -2.61. The van der Waals surface area contributed by atoms with Gasteiger partial charge in [-0.2, -0.15) is 0 Å². The number of piperidine rings is 1. The van der Waals surface area contributed by atoms with E-state index in [-0.39, 0.29) is 30.4 Å². The number of carbonyl (C=O) groups excluding carboxylic acids is 2. The van der Waals surface area contributed by atoms with Crippen molar-refractivity contribution in [1.29, 1.82) is 0 Å². The first-order valence-corrected chi connectivity index (χ1v) is 8.12. The molecule has 0 spiro atoms. The summed E-state index contributed by atoms with van der Waals surface area (Å²) < 4.78 is 0.710. The molecule has 0 saturated carbocycles. The van der Waals surface area contributed by atoms with E-state index in [1.807, 2.05) is 19.1 Å². The molecule has 3 heterocycles. The third kappa shape index (κ3) is 2.33. The average molecular weight is 313 g/mol. The van der Waals surface area contributed by atoms with E-state index in [0.717, 1.165) is 30.7 Å². The summed E-state index contributed by atoms with van der Waals surface area (Å²) in [5.74, 6) is 0.158. The monoisotopic (exact) mass is 312 g/mol. The lowest BCUT2D eigenvalue weighted by molar-refractivity contribution is -0.159. The van der Waals surface area contributed by atoms with Crippen molar-refractivity contribution in [2.24, 2.45) is 0 Å². The minimum absolute atomic E-state index is 0.0730. The summed E-state index contributed by atoms with van der Waals surface area (Å²) in [5, 5.41) is 0. The van der Waals surface area contributed by atoms with Crippen molar-refractivity contribution in [3.05, 3.63) is 21.3 Å². The van der Waals surface area contributed by atoms with E-state index < -0.39 is 0 Å². The Morgan fingerprint density at radius 1 is 1.35 bits per heavy atom. The number of rotatable bonds is 2. The van der Waals surface area contributed by atoms with Crippen molar-refractivity contribution in [3.8, 4) is 0 Å². The van der Waals surface area contributed by atoms with E-state index in [4.69, 9.17) is 11.6 Å². The fourth-order valence-electron chi connectivity index (χ4n) is 3.03. The molecule has 2 atom stereocenters. The van der Waals surface area contributed by atoms with Crippen molar-refractivity contribution in [1.82, 2.24) is 9.80 Å². The van der Waals surface area contributed by atoms with Crippen LogP contribution in [0.5, 0.6) is 0 Å². The Balaban J connectivity index is 1.83. The molecule has 0 radical (unpaired) electrons. The normalized spacial score (nSPS) is 24.8. The molecule has 2 aliphatic rings. The molecular formula is C14H17ClN2O2S. The van der Waals surface area contributed by atoms with E-state index in [0.29, 0.717) is 4.34 Å². The summed E-state index contributed by atoms with van der Waals surface area (Å²) in [6.45, 7) is 2.88. The second kappa shape index (κ2) is 5.37. The number of thiophene rings is 1. The van der Waals surface area contributed by atoms with Crippen LogP contribution >= 0.6 is 22.9 Å². The Bertz CT molecular complexity index is 545. The zero-order chi connectivity index (χ0) is 14.3. The van der Waals surface area contributed by atoms with Crippen LogP contribution < -0.4 is 0 Å². The third-order valence-corrected chi connectivity index (χ3v) is 5.57. The highest BCUT2D eigenvalue weighted by atomic mass is 35.5. The molecule has 2 saturated heterocycles. The van der Waals surface area contributed by atoms with Gasteiger partial charge in [0.1, 0.15) is 12.6 Å². The standard InChI is InChI=1S/C14H17ClN2O2S/c1-9(11-5-6-12(15)20-11)17-8-13(18)16-7-3-2-4-10(16)14(17)19/h5-6,9-10H,2-4,7-8H2,1H3. The van der Waals surface area contributed by atoms with Crippen LogP contribution in [0.1, 0.15) is 37.1 Å². The fraction of sp³-hybridized carbons (Fsp3) is 0.571. The van der Waals surface area contributed by atoms with Crippen LogP contribution in [0.25, 0.3) is 0 Å². The van der Waals surface area contributed by atoms with Crippen LogP contribution in [-0.4, -0.2) is 40.7 Å². The topological polar surface area (TPSA) is 40.6 Å². The van der Waals surface area contributed by atoms with Gasteiger partial charge in [0.2, 0.25) is 11.8 Å². The molecule has 0 N–H and O–H groups in total. The molecule has 0 aliphatic carbocycles. The number of hydrogen-bond acceptors (Lipinski definition) is 3. The molecule has 3 rings (SSSR count). The number of piperazine rings is 1. The number of halogens is 1. The minimum Gasteiger partial charge on any atom is -0.329 e. The first-order valence-electron chi connectivity index (χ1n) is 6.93. The van der Waals surface area contributed by atoms with E-state index in [1.54, 1.807) is 9.80 Å². The fourth-order valence-corrected chi connectivity index (χ4v) is 4.15. The lowest BCUT2D eigenvalue weighted by atomic mass is 9.97. The van der Waals surface area contributed by atoms with Gasteiger partial charge in [-0.3, -0.25) is 9.59 Å². The van der Waals surface area contributed by atoms with Gasteiger partial charge in [-0.15, -0.1) is 11.3 Å². The largest absolute Gasteiger partial charge is 0.329 e. The number of nitrogens with zero attached hydrogens (tertiary/aromatic N) is 2. The van der Waals surface area contributed by atoms with Crippen LogP contribution in [0.3, 0.4) is 0 Å². The minimum atomic E-state index is -0.247. The maximum atomic E-state index is 12.6. The Morgan fingerprint density at radius 2 is 2.15 bits per heavy atom. The molecule has 20 heavy (non-hydrogen) atoms. The Labute approximate surface area is 127 Å². The predicted molar refractivity (Wildman–Crippen MR) is 78.8 cm³/mol. The van der Waals surface area contributed by atoms with Gasteiger partial charge in [-0.05, 0) is 38.3 Å². The number of carbonyl (C=O) groups is 2. The predicted octanol–water partition coefficient (Wildman–Crippen LogP) is 2.69. The summed E-state index contributed by atoms with van der Waals surface area (Å²) in [7, 11) is 0. The first-order chi connectivity index (χ1) is 9.58. The van der Waals surface area contributed by atoms with E-state index >= 15 is 0 Å². The maximum Gasteiger partial charge on any atom is 0.246 e. The number of amides is 2. The van der Waals surface area contributed by atoms with E-state index in [1.165, 1.54) is 11.3 Å². The van der Waals surface area contributed by atoms with Crippen LogP contribution in [-0.2, 0) is 9.59 Å². The molecule has 2 aliphatic heterocycles. The SMILES string of the molecule is CC(c1ccc(Cl)s1)N1CC(=O)N2CCCCC2C1=O. The van der Waals surface area contributed by atoms with Gasteiger partial charge in [-0.25, -0.2) is 0 Å². The zero-order valence-electron chi connectivity index (χ0n) is 11.3. The Hall–Kier alpha value is -1.07. The molecule has 2 amide bonds. The molecule has 1 aromatic heterocycles. The molecule has 4 nitrogen and oxygen atoms in total. The van der Waals surface area contributed by atoms with Gasteiger partial charge >= 0.3 is 0 Å². The molecule has 2 fully saturated rings. The van der Waals surface area contributed by atoms with Crippen LogP contribution in [0.2, 0.25) is 4.34 Å². The molecule has 1 aromatic rings. The van der Waals surface area contributed by atoms with Gasteiger partial charge in [0.15, 0.2) is 0 Å². The summed E-state index contributed by atoms with van der Waals surface area (Å²) in [6.07, 6.45) is 2.82. The molecule has 6 heteroatoms. The number of hydrogen-bond donors (Lipinski definition) is 0. The zero-order valence-corrected chi connectivity index (χ0v) is 12.9. The van der Waals surface area contributed by atoms with Gasteiger partial charge in [0, 0.05) is 11.4 Å². The molecule has 0 bridgehead atoms. The highest BCUT2D eigenvalue weighted by molar-refractivity contribution is 7.16. The highest BCUT2D eigenvalue weighted by Crippen LogP contribution is 2.33. The van der Waals surface area contributed by atoms with Gasteiger partial charge in [0.05, 0.1) is 10.4 Å². The second-order valence-corrected chi connectivity index (χ2v) is 7.13. The first kappa shape index (κ1) is 13.9. The van der Waals surface area contributed by atoms with E-state index in [2.05, 4.69) is 0 Å². The smallest absolute Gasteiger partial charge is 0.246 e. The molecule has 0 aromatic carbocycles. The van der Waals surface area contributed by atoms with Crippen LogP contribution in [0, 0.1) is 0 Å². The number of fused-ring (bicyclic) bond motifs is 1. The average Bonchev–Trinajstić information content (AvgIpc) is 2.89. The van der Waals surface area contributed by atoms with Crippen molar-refractivity contribution in [2.45, 2.75) is 38.3 Å². The van der Waals surface area contributed by atoms with Gasteiger partial charge in [-0.1, -0.05) is 11.6 Å².